The van der Waals surface area contributed by atoms with Crippen molar-refractivity contribution in [2.75, 3.05) is 0 Å². The molecule has 0 saturated carbocycles. The maximum Gasteiger partial charge on any atom is 0.164 e. The number of para-hydroxylation sites is 1. The Kier molecular flexibility index (Phi) is 7.64. The van der Waals surface area contributed by atoms with Crippen molar-refractivity contribution >= 4 is 53.3 Å². The summed E-state index contributed by atoms with van der Waals surface area (Å²) in [6.07, 6.45) is 0. The minimum absolute atomic E-state index is 0.618. The molecule has 8 aromatic carbocycles. The highest BCUT2D eigenvalue weighted by Crippen LogP contribution is 2.46. The molecule has 4 nitrogen and oxygen atoms in total. The van der Waals surface area contributed by atoms with Gasteiger partial charge < -0.3 is 4.57 Å². The van der Waals surface area contributed by atoms with Gasteiger partial charge in [0.15, 0.2) is 17.5 Å². The van der Waals surface area contributed by atoms with Crippen LogP contribution in [-0.4, -0.2) is 19.5 Å². The predicted molar refractivity (Wildman–Crippen MR) is 234 cm³/mol. The van der Waals surface area contributed by atoms with Crippen LogP contribution in [0.2, 0.25) is 0 Å². The molecule has 0 fully saturated rings. The predicted octanol–water partition coefficient (Wildman–Crippen LogP) is 13.7. The zero-order chi connectivity index (χ0) is 37.0. The molecule has 56 heavy (non-hydrogen) atoms. The number of nitrogens with zero attached hydrogens (tertiary/aromatic N) is 4. The molecule has 0 saturated heterocycles. The molecule has 0 bridgehead atoms. The summed E-state index contributed by atoms with van der Waals surface area (Å²) in [6, 6.07) is 68.7. The summed E-state index contributed by atoms with van der Waals surface area (Å²) in [6.45, 7) is 0. The van der Waals surface area contributed by atoms with Gasteiger partial charge >= 0.3 is 0 Å². The van der Waals surface area contributed by atoms with E-state index < -0.39 is 0 Å². The molecule has 0 N–H and O–H groups in total. The molecule has 0 unspecified atom stereocenters. The van der Waals surface area contributed by atoms with Gasteiger partial charge in [-0.25, -0.2) is 15.0 Å². The van der Waals surface area contributed by atoms with Gasteiger partial charge in [-0.05, 0) is 47.5 Å². The van der Waals surface area contributed by atoms with Gasteiger partial charge in [-0.2, -0.15) is 0 Å². The number of thiophene rings is 1. The van der Waals surface area contributed by atoms with Crippen molar-refractivity contribution < 1.29 is 0 Å². The summed E-state index contributed by atoms with van der Waals surface area (Å²) in [5.74, 6) is 1.89. The smallest absolute Gasteiger partial charge is 0.164 e. The van der Waals surface area contributed by atoms with Crippen LogP contribution >= 0.6 is 11.3 Å². The molecule has 262 valence electrons. The molecule has 0 atom stereocenters. The van der Waals surface area contributed by atoms with E-state index in [2.05, 4.69) is 162 Å². The lowest BCUT2D eigenvalue weighted by Gasteiger charge is -2.21. The molecular formula is C51H32N4S. The Morgan fingerprint density at radius 3 is 1.36 bits per heavy atom. The van der Waals surface area contributed by atoms with Crippen LogP contribution in [0.25, 0.3) is 104 Å². The summed E-state index contributed by atoms with van der Waals surface area (Å²) in [7, 11) is 0. The van der Waals surface area contributed by atoms with E-state index in [0.29, 0.717) is 17.5 Å². The van der Waals surface area contributed by atoms with Crippen LogP contribution in [-0.2, 0) is 0 Å². The van der Waals surface area contributed by atoms with E-state index in [-0.39, 0.29) is 0 Å². The van der Waals surface area contributed by atoms with E-state index in [0.717, 1.165) is 50.1 Å². The Bertz CT molecular complexity index is 3110. The van der Waals surface area contributed by atoms with E-state index in [1.165, 1.54) is 36.5 Å². The number of benzene rings is 8. The Morgan fingerprint density at radius 1 is 0.321 bits per heavy atom. The lowest BCUT2D eigenvalue weighted by molar-refractivity contribution is 1.07. The Labute approximate surface area is 327 Å². The SMILES string of the molecule is c1ccc(-c2nc(-c3ccccc3)nc(-c3cc(-c4ccccc4)c(-n4c5ccccc5c5cc6c(cc54)sc4ccccc46)c(-c4ccccc4)c3)n2)cc1. The standard InChI is InChI=1S/C51H32N4S/c1-5-17-33(18-6-1)40-29-37(51-53-49(35-21-9-3-10-22-35)52-50(54-51)36-23-11-4-12-24-36)30-41(34-19-7-2-8-20-34)48(40)55-44-27-15-13-25-38(44)42-31-43-39-26-14-16-28-46(39)56-47(43)32-45(42)55/h1-32H. The highest BCUT2D eigenvalue weighted by Gasteiger charge is 2.24. The zero-order valence-electron chi connectivity index (χ0n) is 30.2. The van der Waals surface area contributed by atoms with Crippen LogP contribution in [0, 0.1) is 0 Å². The average molecular weight is 733 g/mol. The first-order valence-corrected chi connectivity index (χ1v) is 19.6. The fourth-order valence-electron chi connectivity index (χ4n) is 8.05. The second-order valence-electron chi connectivity index (χ2n) is 14.0. The molecule has 3 heterocycles. The van der Waals surface area contributed by atoms with Gasteiger partial charge in [0.05, 0.1) is 16.7 Å². The zero-order valence-corrected chi connectivity index (χ0v) is 31.0. The van der Waals surface area contributed by atoms with Crippen LogP contribution in [0.4, 0.5) is 0 Å². The largest absolute Gasteiger partial charge is 0.308 e. The van der Waals surface area contributed by atoms with Crippen molar-refractivity contribution in [2.24, 2.45) is 0 Å². The molecule has 3 aromatic heterocycles. The second-order valence-corrected chi connectivity index (χ2v) is 15.1. The van der Waals surface area contributed by atoms with E-state index in [1.54, 1.807) is 0 Å². The fourth-order valence-corrected chi connectivity index (χ4v) is 9.17. The number of hydrogen-bond donors (Lipinski definition) is 0. The van der Waals surface area contributed by atoms with Crippen LogP contribution in [0.1, 0.15) is 0 Å². The van der Waals surface area contributed by atoms with E-state index in [9.17, 15) is 0 Å². The molecule has 0 amide bonds. The summed E-state index contributed by atoms with van der Waals surface area (Å²) < 4.78 is 5.06. The second kappa shape index (κ2) is 13.3. The molecule has 11 aromatic rings. The van der Waals surface area contributed by atoms with E-state index in [4.69, 9.17) is 15.0 Å². The maximum atomic E-state index is 5.19. The molecule has 0 radical (unpaired) electrons. The van der Waals surface area contributed by atoms with Crippen LogP contribution in [0.5, 0.6) is 0 Å². The first-order chi connectivity index (χ1) is 27.8. The van der Waals surface area contributed by atoms with Crippen molar-refractivity contribution in [1.82, 2.24) is 19.5 Å². The van der Waals surface area contributed by atoms with Gasteiger partial charge in [-0.15, -0.1) is 11.3 Å². The number of hydrogen-bond acceptors (Lipinski definition) is 4. The summed E-state index contributed by atoms with van der Waals surface area (Å²) in [5, 5.41) is 5.05. The molecule has 11 rings (SSSR count). The molecule has 0 spiro atoms. The number of rotatable bonds is 6. The van der Waals surface area contributed by atoms with Crippen molar-refractivity contribution in [3.8, 4) is 62.1 Å². The highest BCUT2D eigenvalue weighted by atomic mass is 32.1. The molecule has 0 aliphatic carbocycles. The number of fused-ring (bicyclic) bond motifs is 6. The summed E-state index contributed by atoms with van der Waals surface area (Å²) >= 11 is 1.85. The summed E-state index contributed by atoms with van der Waals surface area (Å²) in [5.41, 5.74) is 10.6. The molecular weight excluding hydrogens is 701 g/mol. The third kappa shape index (κ3) is 5.40. The van der Waals surface area contributed by atoms with Crippen LogP contribution < -0.4 is 0 Å². The van der Waals surface area contributed by atoms with Gasteiger partial charge in [-0.1, -0.05) is 158 Å². The lowest BCUT2D eigenvalue weighted by atomic mass is 9.92. The normalized spacial score (nSPS) is 11.6. The minimum atomic E-state index is 0.618. The highest BCUT2D eigenvalue weighted by molar-refractivity contribution is 7.25. The number of aromatic nitrogens is 4. The van der Waals surface area contributed by atoms with E-state index in [1.807, 2.05) is 47.7 Å². The third-order valence-electron chi connectivity index (χ3n) is 10.6. The molecule has 5 heteroatoms. The first kappa shape index (κ1) is 32.2. The van der Waals surface area contributed by atoms with Crippen LogP contribution in [0.15, 0.2) is 194 Å². The fraction of sp³-hybridized carbons (Fsp3) is 0. The van der Waals surface area contributed by atoms with Crippen LogP contribution in [0.3, 0.4) is 0 Å². The van der Waals surface area contributed by atoms with Crippen molar-refractivity contribution in [3.05, 3.63) is 194 Å². The van der Waals surface area contributed by atoms with Gasteiger partial charge in [-0.3, -0.25) is 0 Å². The quantitative estimate of drug-likeness (QED) is 0.171. The summed E-state index contributed by atoms with van der Waals surface area (Å²) in [4.78, 5) is 15.4. The lowest BCUT2D eigenvalue weighted by Crippen LogP contribution is -2.04. The Hall–Kier alpha value is -7.21. The maximum absolute atomic E-state index is 5.19. The topological polar surface area (TPSA) is 43.6 Å². The monoisotopic (exact) mass is 732 g/mol. The molecule has 0 aliphatic rings. The van der Waals surface area contributed by atoms with Gasteiger partial charge in [0.2, 0.25) is 0 Å². The van der Waals surface area contributed by atoms with Crippen molar-refractivity contribution in [2.45, 2.75) is 0 Å². The molecule has 0 aliphatic heterocycles. The Balaban J connectivity index is 1.26. The first-order valence-electron chi connectivity index (χ1n) is 18.8. The van der Waals surface area contributed by atoms with Crippen molar-refractivity contribution in [1.29, 1.82) is 0 Å². The Morgan fingerprint density at radius 2 is 0.786 bits per heavy atom. The van der Waals surface area contributed by atoms with Gasteiger partial charge in [0.1, 0.15) is 0 Å². The van der Waals surface area contributed by atoms with Gasteiger partial charge in [0, 0.05) is 58.8 Å². The van der Waals surface area contributed by atoms with Gasteiger partial charge in [0.25, 0.3) is 0 Å². The van der Waals surface area contributed by atoms with E-state index >= 15 is 0 Å². The minimum Gasteiger partial charge on any atom is -0.308 e. The third-order valence-corrected chi connectivity index (χ3v) is 11.8. The average Bonchev–Trinajstić information content (AvgIpc) is 3.80. The van der Waals surface area contributed by atoms with Crippen molar-refractivity contribution in [3.63, 3.8) is 0 Å².